The number of nitrogens with zero attached hydrogens (tertiary/aromatic N) is 2. The van der Waals surface area contributed by atoms with Gasteiger partial charge in [-0.15, -0.1) is 0 Å². The van der Waals surface area contributed by atoms with E-state index in [9.17, 15) is 9.59 Å². The molecular formula is C24H29N3O3. The lowest BCUT2D eigenvalue weighted by Gasteiger charge is -2.25. The number of para-hydroxylation sites is 2. The minimum Gasteiger partial charge on any atom is -0.377 e. The first kappa shape index (κ1) is 20.6. The highest BCUT2D eigenvalue weighted by atomic mass is 16.5. The van der Waals surface area contributed by atoms with Gasteiger partial charge in [0.2, 0.25) is 11.8 Å². The van der Waals surface area contributed by atoms with Gasteiger partial charge >= 0.3 is 0 Å². The van der Waals surface area contributed by atoms with Crippen LogP contribution in [-0.2, 0) is 20.9 Å². The average molecular weight is 408 g/mol. The molecule has 0 aliphatic carbocycles. The quantitative estimate of drug-likeness (QED) is 0.728. The van der Waals surface area contributed by atoms with Crippen LogP contribution in [0.3, 0.4) is 0 Å². The Morgan fingerprint density at radius 3 is 2.63 bits per heavy atom. The molecule has 2 heterocycles. The number of amides is 2. The molecule has 0 radical (unpaired) electrons. The molecule has 6 heteroatoms. The van der Waals surface area contributed by atoms with Crippen molar-refractivity contribution in [2.45, 2.75) is 38.3 Å². The third-order valence-corrected chi connectivity index (χ3v) is 5.64. The summed E-state index contributed by atoms with van der Waals surface area (Å²) in [6, 6.07) is 17.7. The minimum atomic E-state index is -0.0805. The van der Waals surface area contributed by atoms with Crippen molar-refractivity contribution in [1.82, 2.24) is 4.90 Å². The van der Waals surface area contributed by atoms with E-state index in [4.69, 9.17) is 4.74 Å². The topological polar surface area (TPSA) is 61.9 Å². The molecule has 1 N–H and O–H groups in total. The first-order valence-electron chi connectivity index (χ1n) is 10.8. The Hall–Kier alpha value is -2.70. The lowest BCUT2D eigenvalue weighted by atomic mass is 10.2. The predicted molar refractivity (Wildman–Crippen MR) is 117 cm³/mol. The van der Waals surface area contributed by atoms with Crippen LogP contribution in [0.25, 0.3) is 0 Å². The van der Waals surface area contributed by atoms with Crippen molar-refractivity contribution in [1.29, 1.82) is 0 Å². The molecule has 0 bridgehead atoms. The summed E-state index contributed by atoms with van der Waals surface area (Å²) in [6.07, 6.45) is 3.71. The Kier molecular flexibility index (Phi) is 6.77. The van der Waals surface area contributed by atoms with E-state index in [0.717, 1.165) is 38.1 Å². The molecule has 2 aliphatic rings. The number of ether oxygens (including phenoxy) is 1. The van der Waals surface area contributed by atoms with Gasteiger partial charge in [0.15, 0.2) is 0 Å². The first-order chi connectivity index (χ1) is 14.7. The zero-order valence-electron chi connectivity index (χ0n) is 17.3. The van der Waals surface area contributed by atoms with Gasteiger partial charge in [0.05, 0.1) is 24.0 Å². The van der Waals surface area contributed by atoms with Gasteiger partial charge in [0, 0.05) is 32.7 Å². The number of hydrogen-bond donors (Lipinski definition) is 1. The molecule has 2 amide bonds. The van der Waals surface area contributed by atoms with Crippen LogP contribution in [0, 0.1) is 0 Å². The van der Waals surface area contributed by atoms with E-state index in [2.05, 4.69) is 22.3 Å². The lowest BCUT2D eigenvalue weighted by molar-refractivity contribution is -0.118. The van der Waals surface area contributed by atoms with Gasteiger partial charge < -0.3 is 15.0 Å². The summed E-state index contributed by atoms with van der Waals surface area (Å²) in [5.74, 6) is 0.0313. The largest absolute Gasteiger partial charge is 0.377 e. The maximum Gasteiger partial charge on any atom is 0.238 e. The Labute approximate surface area is 177 Å². The highest BCUT2D eigenvalue weighted by Gasteiger charge is 2.25. The van der Waals surface area contributed by atoms with Gasteiger partial charge in [-0.05, 0) is 37.0 Å². The van der Waals surface area contributed by atoms with Gasteiger partial charge in [-0.1, -0.05) is 42.5 Å². The Bertz CT molecular complexity index is 865. The summed E-state index contributed by atoms with van der Waals surface area (Å²) >= 11 is 0. The van der Waals surface area contributed by atoms with Crippen molar-refractivity contribution in [3.63, 3.8) is 0 Å². The van der Waals surface area contributed by atoms with E-state index in [1.807, 2.05) is 42.5 Å². The average Bonchev–Trinajstić information content (AvgIpc) is 3.41. The molecule has 2 aromatic carbocycles. The number of rotatable bonds is 8. The normalized spacial score (nSPS) is 18.9. The third kappa shape index (κ3) is 5.26. The van der Waals surface area contributed by atoms with E-state index < -0.39 is 0 Å². The van der Waals surface area contributed by atoms with Crippen molar-refractivity contribution in [2.75, 3.05) is 36.5 Å². The van der Waals surface area contributed by atoms with Crippen molar-refractivity contribution in [3.8, 4) is 0 Å². The highest BCUT2D eigenvalue weighted by Crippen LogP contribution is 2.29. The number of carbonyl (C=O) groups is 2. The van der Waals surface area contributed by atoms with Gasteiger partial charge in [0.1, 0.15) is 0 Å². The van der Waals surface area contributed by atoms with Crippen LogP contribution in [0.5, 0.6) is 0 Å². The zero-order valence-corrected chi connectivity index (χ0v) is 17.3. The molecule has 1 atom stereocenters. The molecule has 0 aromatic heterocycles. The molecule has 2 aromatic rings. The van der Waals surface area contributed by atoms with E-state index in [1.165, 1.54) is 5.56 Å². The second-order valence-electron chi connectivity index (χ2n) is 8.00. The molecule has 2 saturated heterocycles. The van der Waals surface area contributed by atoms with Crippen LogP contribution < -0.4 is 10.2 Å². The predicted octanol–water partition coefficient (Wildman–Crippen LogP) is 3.43. The monoisotopic (exact) mass is 407 g/mol. The molecule has 30 heavy (non-hydrogen) atoms. The first-order valence-corrected chi connectivity index (χ1v) is 10.8. The molecule has 1 unspecified atom stereocenters. The summed E-state index contributed by atoms with van der Waals surface area (Å²) in [7, 11) is 0. The molecule has 6 nitrogen and oxygen atoms in total. The zero-order chi connectivity index (χ0) is 20.8. The second kappa shape index (κ2) is 9.87. The maximum absolute atomic E-state index is 12.9. The van der Waals surface area contributed by atoms with Crippen molar-refractivity contribution >= 4 is 23.2 Å². The number of hydrogen-bond acceptors (Lipinski definition) is 4. The molecule has 4 rings (SSSR count). The minimum absolute atomic E-state index is 0.0805. The number of nitrogens with one attached hydrogen (secondary N) is 1. The fourth-order valence-electron chi connectivity index (χ4n) is 4.21. The summed E-state index contributed by atoms with van der Waals surface area (Å²) in [4.78, 5) is 29.0. The molecule has 2 aliphatic heterocycles. The molecule has 2 fully saturated rings. The van der Waals surface area contributed by atoms with Crippen molar-refractivity contribution in [3.05, 3.63) is 60.2 Å². The summed E-state index contributed by atoms with van der Waals surface area (Å²) < 4.78 is 5.80. The van der Waals surface area contributed by atoms with Gasteiger partial charge in [-0.3, -0.25) is 14.5 Å². The number of benzene rings is 2. The molecule has 0 spiro atoms. The molecule has 158 valence electrons. The number of carbonyl (C=O) groups excluding carboxylic acids is 2. The lowest BCUT2D eigenvalue weighted by Crippen LogP contribution is -2.38. The van der Waals surface area contributed by atoms with E-state index in [1.54, 1.807) is 4.90 Å². The highest BCUT2D eigenvalue weighted by molar-refractivity contribution is 6.02. The molecular weight excluding hydrogens is 378 g/mol. The van der Waals surface area contributed by atoms with E-state index in [-0.39, 0.29) is 24.5 Å². The van der Waals surface area contributed by atoms with Crippen LogP contribution in [0.2, 0.25) is 0 Å². The van der Waals surface area contributed by atoms with Crippen LogP contribution in [-0.4, -0.2) is 49.1 Å². The molecule has 0 saturated carbocycles. The SMILES string of the molecule is O=C(CN(Cc1ccccc1)CC1CCCO1)Nc1ccccc1N1CCCC1=O. The summed E-state index contributed by atoms with van der Waals surface area (Å²) in [6.45, 7) is 3.20. The van der Waals surface area contributed by atoms with Gasteiger partial charge in [0.25, 0.3) is 0 Å². The second-order valence-corrected chi connectivity index (χ2v) is 8.00. The Balaban J connectivity index is 1.44. The van der Waals surface area contributed by atoms with Crippen LogP contribution in [0.1, 0.15) is 31.2 Å². The standard InChI is InChI=1S/C24H29N3O3/c28-23(25-21-11-4-5-12-22(21)27-14-6-13-24(27)29)18-26(17-20-10-7-15-30-20)16-19-8-2-1-3-9-19/h1-5,8-9,11-12,20H,6-7,10,13-18H2,(H,25,28). The van der Waals surface area contributed by atoms with Crippen LogP contribution in [0.15, 0.2) is 54.6 Å². The fraction of sp³-hybridized carbons (Fsp3) is 0.417. The van der Waals surface area contributed by atoms with Crippen molar-refractivity contribution < 1.29 is 14.3 Å². The van der Waals surface area contributed by atoms with Crippen LogP contribution in [0.4, 0.5) is 11.4 Å². The van der Waals surface area contributed by atoms with Crippen molar-refractivity contribution in [2.24, 2.45) is 0 Å². The van der Waals surface area contributed by atoms with E-state index >= 15 is 0 Å². The van der Waals surface area contributed by atoms with E-state index in [0.29, 0.717) is 25.2 Å². The fourth-order valence-corrected chi connectivity index (χ4v) is 4.21. The van der Waals surface area contributed by atoms with Crippen LogP contribution >= 0.6 is 0 Å². The van der Waals surface area contributed by atoms with Gasteiger partial charge in [-0.2, -0.15) is 0 Å². The summed E-state index contributed by atoms with van der Waals surface area (Å²) in [5.41, 5.74) is 2.64. The summed E-state index contributed by atoms with van der Waals surface area (Å²) in [5, 5.41) is 3.03. The Morgan fingerprint density at radius 1 is 1.10 bits per heavy atom. The third-order valence-electron chi connectivity index (χ3n) is 5.64. The Morgan fingerprint density at radius 2 is 1.90 bits per heavy atom. The smallest absolute Gasteiger partial charge is 0.238 e. The number of anilines is 2. The maximum atomic E-state index is 12.9. The van der Waals surface area contributed by atoms with Gasteiger partial charge in [-0.25, -0.2) is 0 Å².